The summed E-state index contributed by atoms with van der Waals surface area (Å²) in [5.74, 6) is 0. The van der Waals surface area contributed by atoms with Crippen LogP contribution >= 0.6 is 22.6 Å². The first-order valence-electron chi connectivity index (χ1n) is 12.7. The van der Waals surface area contributed by atoms with Gasteiger partial charge in [-0.15, -0.1) is 0 Å². The molecule has 2 aromatic rings. The third-order valence-electron chi connectivity index (χ3n) is 8.04. The maximum atomic E-state index is 13.6. The molecule has 2 aliphatic heterocycles. The molecule has 0 aliphatic carbocycles. The van der Waals surface area contributed by atoms with Gasteiger partial charge in [0.25, 0.3) is 0 Å². The highest BCUT2D eigenvalue weighted by Crippen LogP contribution is 2.47. The lowest BCUT2D eigenvalue weighted by Gasteiger charge is -2.47. The summed E-state index contributed by atoms with van der Waals surface area (Å²) in [5, 5.41) is 9.72. The predicted octanol–water partition coefficient (Wildman–Crippen LogP) is 6.27. The quantitative estimate of drug-likeness (QED) is 0.166. The Kier molecular flexibility index (Phi) is 7.24. The van der Waals surface area contributed by atoms with Crippen LogP contribution in [-0.2, 0) is 23.2 Å². The standard InChI is InChI=1S/C29H36BIN2O4/c1-25(2,20-32)19-29(22-11-9-8-10-12-22)17-18-33(24(34)35-29)28(7,31)21-13-15-23(16-14-21)30-36-26(3,4)27(5,6)37-30/h8-16H,17-19H2,1-7H3/t28-,29?/m1/s1. The Hall–Kier alpha value is -2.09. The van der Waals surface area contributed by atoms with Crippen LogP contribution in [-0.4, -0.2) is 35.9 Å². The van der Waals surface area contributed by atoms with E-state index in [1.807, 2.05) is 103 Å². The van der Waals surface area contributed by atoms with Crippen molar-refractivity contribution in [2.45, 2.75) is 81.7 Å². The van der Waals surface area contributed by atoms with Gasteiger partial charge in [0.15, 0.2) is 0 Å². The number of carbonyl (C=O) groups excluding carboxylic acids is 1. The van der Waals surface area contributed by atoms with Gasteiger partial charge in [0, 0.05) is 19.4 Å². The number of hydrogen-bond acceptors (Lipinski definition) is 5. The molecule has 2 fully saturated rings. The summed E-state index contributed by atoms with van der Waals surface area (Å²) in [7, 11) is -0.436. The fourth-order valence-electron chi connectivity index (χ4n) is 5.04. The molecule has 0 radical (unpaired) electrons. The molecule has 196 valence electrons. The first-order chi connectivity index (χ1) is 17.1. The molecule has 2 saturated heterocycles. The van der Waals surface area contributed by atoms with Gasteiger partial charge in [-0.3, -0.25) is 4.90 Å². The highest BCUT2D eigenvalue weighted by Gasteiger charge is 2.52. The van der Waals surface area contributed by atoms with Crippen LogP contribution in [0.1, 0.15) is 72.4 Å². The predicted molar refractivity (Wildman–Crippen MR) is 153 cm³/mol. The molecule has 37 heavy (non-hydrogen) atoms. The second kappa shape index (κ2) is 9.58. The zero-order valence-electron chi connectivity index (χ0n) is 22.8. The lowest BCUT2D eigenvalue weighted by molar-refractivity contribution is -0.0787. The van der Waals surface area contributed by atoms with E-state index < -0.39 is 32.9 Å². The minimum atomic E-state index is -0.846. The SMILES string of the molecule is CC(C)(C#N)CC1(c2ccccc2)CCN([C@@](C)(I)c2ccc(B3OC(C)(C)C(C)(C)O3)cc2)C(=O)O1. The van der Waals surface area contributed by atoms with Crippen molar-refractivity contribution in [3.05, 3.63) is 65.7 Å². The molecular weight excluding hydrogens is 578 g/mol. The van der Waals surface area contributed by atoms with E-state index in [0.717, 1.165) is 16.6 Å². The van der Waals surface area contributed by atoms with Crippen LogP contribution in [0.25, 0.3) is 0 Å². The number of carbonyl (C=O) groups is 1. The van der Waals surface area contributed by atoms with E-state index in [0.29, 0.717) is 19.4 Å². The second-order valence-corrected chi connectivity index (χ2v) is 14.1. The summed E-state index contributed by atoms with van der Waals surface area (Å²) in [6.07, 6.45) is 0.648. The number of ether oxygens (including phenoxy) is 1. The summed E-state index contributed by atoms with van der Waals surface area (Å²) in [6, 6.07) is 20.2. The molecule has 8 heteroatoms. The van der Waals surface area contributed by atoms with Crippen LogP contribution in [0, 0.1) is 16.7 Å². The average molecular weight is 614 g/mol. The van der Waals surface area contributed by atoms with Crippen molar-refractivity contribution < 1.29 is 18.8 Å². The van der Waals surface area contributed by atoms with Crippen molar-refractivity contribution in [3.63, 3.8) is 0 Å². The van der Waals surface area contributed by atoms with Gasteiger partial charge in [0.2, 0.25) is 0 Å². The van der Waals surface area contributed by atoms with Crippen molar-refractivity contribution in [2.24, 2.45) is 5.41 Å². The van der Waals surface area contributed by atoms with Crippen molar-refractivity contribution in [1.82, 2.24) is 4.90 Å². The average Bonchev–Trinajstić information content (AvgIpc) is 3.06. The summed E-state index contributed by atoms with van der Waals surface area (Å²) in [4.78, 5) is 15.3. The number of halogens is 1. The van der Waals surface area contributed by atoms with E-state index >= 15 is 0 Å². The van der Waals surface area contributed by atoms with E-state index in [1.165, 1.54) is 0 Å². The molecule has 2 aliphatic rings. The van der Waals surface area contributed by atoms with Gasteiger partial charge < -0.3 is 14.0 Å². The monoisotopic (exact) mass is 614 g/mol. The second-order valence-electron chi connectivity index (χ2n) is 12.0. The van der Waals surface area contributed by atoms with Crippen LogP contribution in [0.3, 0.4) is 0 Å². The van der Waals surface area contributed by atoms with Gasteiger partial charge in [-0.2, -0.15) is 5.26 Å². The fraction of sp³-hybridized carbons (Fsp3) is 0.517. The molecule has 2 aromatic carbocycles. The van der Waals surface area contributed by atoms with E-state index in [1.54, 1.807) is 4.90 Å². The topological polar surface area (TPSA) is 71.8 Å². The fourth-order valence-corrected chi connectivity index (χ4v) is 5.84. The summed E-state index contributed by atoms with van der Waals surface area (Å²) in [5.41, 5.74) is 0.547. The van der Waals surface area contributed by atoms with Crippen LogP contribution < -0.4 is 5.46 Å². The lowest BCUT2D eigenvalue weighted by atomic mass is 9.75. The highest BCUT2D eigenvalue weighted by molar-refractivity contribution is 14.1. The Morgan fingerprint density at radius 1 is 1.00 bits per heavy atom. The molecule has 0 saturated carbocycles. The summed E-state index contributed by atoms with van der Waals surface area (Å²) < 4.78 is 18.0. The molecule has 1 amide bonds. The van der Waals surface area contributed by atoms with E-state index in [4.69, 9.17) is 14.0 Å². The van der Waals surface area contributed by atoms with Gasteiger partial charge in [0.1, 0.15) is 9.15 Å². The van der Waals surface area contributed by atoms with Crippen LogP contribution in [0.4, 0.5) is 4.79 Å². The largest absolute Gasteiger partial charge is 0.494 e. The van der Waals surface area contributed by atoms with Gasteiger partial charge in [-0.25, -0.2) is 4.79 Å². The normalized spacial score (nSPS) is 24.8. The van der Waals surface area contributed by atoms with E-state index in [-0.39, 0.29) is 6.09 Å². The molecular formula is C29H36BIN2O4. The molecule has 1 unspecified atom stereocenters. The first-order valence-corrected chi connectivity index (χ1v) is 13.8. The van der Waals surface area contributed by atoms with Gasteiger partial charge in [0.05, 0.1) is 22.7 Å². The molecule has 2 atom stereocenters. The van der Waals surface area contributed by atoms with Crippen molar-refractivity contribution in [1.29, 1.82) is 5.26 Å². The Morgan fingerprint density at radius 2 is 1.57 bits per heavy atom. The Balaban J connectivity index is 1.56. The van der Waals surface area contributed by atoms with E-state index in [2.05, 4.69) is 28.7 Å². The smallest absolute Gasteiger partial charge is 0.438 e. The van der Waals surface area contributed by atoms with Gasteiger partial charge >= 0.3 is 13.2 Å². The minimum Gasteiger partial charge on any atom is -0.438 e. The molecule has 2 heterocycles. The van der Waals surface area contributed by atoms with E-state index in [9.17, 15) is 10.1 Å². The molecule has 0 spiro atoms. The zero-order chi connectivity index (χ0) is 27.3. The number of benzene rings is 2. The lowest BCUT2D eigenvalue weighted by Crippen LogP contribution is -2.54. The Labute approximate surface area is 234 Å². The van der Waals surface area contributed by atoms with Crippen molar-refractivity contribution >= 4 is 41.3 Å². The number of nitriles is 1. The minimum absolute atomic E-state index is 0.379. The third kappa shape index (κ3) is 5.28. The highest BCUT2D eigenvalue weighted by atomic mass is 127. The first kappa shape index (κ1) is 27.9. The number of hydrogen-bond donors (Lipinski definition) is 0. The maximum absolute atomic E-state index is 13.6. The van der Waals surface area contributed by atoms with Gasteiger partial charge in [-0.1, -0.05) is 54.6 Å². The molecule has 6 nitrogen and oxygen atoms in total. The Morgan fingerprint density at radius 3 is 2.08 bits per heavy atom. The van der Waals surface area contributed by atoms with Crippen LogP contribution in [0.5, 0.6) is 0 Å². The van der Waals surface area contributed by atoms with Crippen molar-refractivity contribution in [3.8, 4) is 6.07 Å². The number of rotatable bonds is 6. The van der Waals surface area contributed by atoms with Crippen LogP contribution in [0.2, 0.25) is 0 Å². The number of amides is 1. The number of nitrogens with zero attached hydrogens (tertiary/aromatic N) is 2. The summed E-state index contributed by atoms with van der Waals surface area (Å²) >= 11 is 2.32. The number of cyclic esters (lactones) is 1. The van der Waals surface area contributed by atoms with Crippen molar-refractivity contribution in [2.75, 3.05) is 6.54 Å². The van der Waals surface area contributed by atoms with Crippen LogP contribution in [0.15, 0.2) is 54.6 Å². The molecule has 0 N–H and O–H groups in total. The summed E-state index contributed by atoms with van der Waals surface area (Å²) in [6.45, 7) is 14.5. The molecule has 0 bridgehead atoms. The maximum Gasteiger partial charge on any atom is 0.494 e. The third-order valence-corrected chi connectivity index (χ3v) is 9.25. The van der Waals surface area contributed by atoms with Gasteiger partial charge in [-0.05, 0) is 87.6 Å². The zero-order valence-corrected chi connectivity index (χ0v) is 25.0. The molecule has 0 aromatic heterocycles. The number of alkyl halides is 1. The molecule has 4 rings (SSSR count). The Bertz CT molecular complexity index is 1170.